The van der Waals surface area contributed by atoms with Crippen molar-refractivity contribution in [2.45, 2.75) is 82.3 Å². The summed E-state index contributed by atoms with van der Waals surface area (Å²) in [6.07, 6.45) is 11.2. The van der Waals surface area contributed by atoms with Gasteiger partial charge in [-0.25, -0.2) is 4.79 Å². The predicted octanol–water partition coefficient (Wildman–Crippen LogP) is 3.52. The quantitative estimate of drug-likeness (QED) is 0.746. The number of nitrogens with zero attached hydrogens (tertiary/aromatic N) is 2. The molecule has 0 spiro atoms. The lowest BCUT2D eigenvalue weighted by molar-refractivity contribution is -0.0115. The average molecular weight is 392 g/mol. The van der Waals surface area contributed by atoms with Gasteiger partial charge in [0.25, 0.3) is 0 Å². The van der Waals surface area contributed by atoms with Crippen LogP contribution in [0.15, 0.2) is 0 Å². The fourth-order valence-electron chi connectivity index (χ4n) is 7.15. The average Bonchev–Trinajstić information content (AvgIpc) is 3.01. The third kappa shape index (κ3) is 3.22. The number of piperidine rings is 1. The third-order valence-electron chi connectivity index (χ3n) is 8.03. The van der Waals surface area contributed by atoms with E-state index in [0.717, 1.165) is 55.2 Å². The van der Waals surface area contributed by atoms with Crippen molar-refractivity contribution in [3.63, 3.8) is 0 Å². The number of thiocarbonyl (C=S) groups is 1. The van der Waals surface area contributed by atoms with E-state index in [0.29, 0.717) is 12.6 Å². The second kappa shape index (κ2) is 6.78. The topological polar surface area (TPSA) is 44.8 Å². The fraction of sp³-hybridized carbons (Fsp3) is 0.905. The number of hydrogen-bond acceptors (Lipinski definition) is 3. The molecule has 0 aromatic rings. The highest BCUT2D eigenvalue weighted by Crippen LogP contribution is 2.55. The van der Waals surface area contributed by atoms with Gasteiger partial charge in [-0.05, 0) is 87.8 Å². The molecule has 4 saturated carbocycles. The summed E-state index contributed by atoms with van der Waals surface area (Å²) in [6.45, 7) is 4.59. The smallest absolute Gasteiger partial charge is 0.410 e. The molecule has 0 radical (unpaired) electrons. The Balaban J connectivity index is 1.18. The molecule has 0 aromatic carbocycles. The number of nitrogens with one attached hydrogen (secondary N) is 1. The Labute approximate surface area is 168 Å². The van der Waals surface area contributed by atoms with Gasteiger partial charge in [0.2, 0.25) is 0 Å². The summed E-state index contributed by atoms with van der Waals surface area (Å²) in [5.41, 5.74) is 0.286. The van der Waals surface area contributed by atoms with Gasteiger partial charge in [-0.1, -0.05) is 6.92 Å². The van der Waals surface area contributed by atoms with Crippen molar-refractivity contribution in [2.24, 2.45) is 17.8 Å². The van der Waals surface area contributed by atoms with Crippen LogP contribution < -0.4 is 5.32 Å². The number of hydrogen-bond donors (Lipinski definition) is 1. The van der Waals surface area contributed by atoms with Crippen LogP contribution >= 0.6 is 12.2 Å². The second-order valence-corrected chi connectivity index (χ2v) is 10.3. The molecule has 4 bridgehead atoms. The van der Waals surface area contributed by atoms with E-state index >= 15 is 0 Å². The van der Waals surface area contributed by atoms with Gasteiger partial charge in [-0.3, -0.25) is 4.90 Å². The molecule has 2 aliphatic heterocycles. The Kier molecular flexibility index (Phi) is 4.53. The normalized spacial score (nSPS) is 41.1. The second-order valence-electron chi connectivity index (χ2n) is 9.89. The van der Waals surface area contributed by atoms with Gasteiger partial charge < -0.3 is 15.0 Å². The number of carbonyl (C=O) groups excluding carboxylic acids is 1. The SMILES string of the molecule is CCC1COC(=O)N1C1CCN(C(=S)NC23CC4CC(CC(C4)C2)C3)CC1. The molecule has 4 aliphatic carbocycles. The van der Waals surface area contributed by atoms with Crippen LogP contribution in [0.3, 0.4) is 0 Å². The lowest BCUT2D eigenvalue weighted by atomic mass is 9.53. The minimum atomic E-state index is -0.116. The van der Waals surface area contributed by atoms with E-state index in [-0.39, 0.29) is 17.7 Å². The van der Waals surface area contributed by atoms with Crippen LogP contribution in [0.25, 0.3) is 0 Å². The van der Waals surface area contributed by atoms with Crippen molar-refractivity contribution in [1.82, 2.24) is 15.1 Å². The van der Waals surface area contributed by atoms with Crippen LogP contribution in [-0.4, -0.2) is 58.3 Å². The van der Waals surface area contributed by atoms with Crippen LogP contribution in [0.4, 0.5) is 4.79 Å². The maximum Gasteiger partial charge on any atom is 0.410 e. The first kappa shape index (κ1) is 18.0. The largest absolute Gasteiger partial charge is 0.447 e. The molecule has 6 rings (SSSR count). The van der Waals surface area contributed by atoms with Gasteiger partial charge in [-0.2, -0.15) is 0 Å². The zero-order chi connectivity index (χ0) is 18.6. The monoisotopic (exact) mass is 391 g/mol. The molecule has 27 heavy (non-hydrogen) atoms. The van der Waals surface area contributed by atoms with Crippen LogP contribution in [-0.2, 0) is 4.74 Å². The molecule has 1 unspecified atom stereocenters. The highest BCUT2D eigenvalue weighted by Gasteiger charge is 2.51. The number of ether oxygens (including phenoxy) is 1. The summed E-state index contributed by atoms with van der Waals surface area (Å²) in [5, 5.41) is 4.82. The van der Waals surface area contributed by atoms with Gasteiger partial charge in [0, 0.05) is 24.7 Å². The maximum atomic E-state index is 12.1. The molecule has 150 valence electrons. The Morgan fingerprint density at radius 1 is 1.15 bits per heavy atom. The molecule has 6 heteroatoms. The lowest BCUT2D eigenvalue weighted by Crippen LogP contribution is -2.62. The summed E-state index contributed by atoms with van der Waals surface area (Å²) >= 11 is 5.86. The van der Waals surface area contributed by atoms with Gasteiger partial charge in [-0.15, -0.1) is 0 Å². The molecule has 0 aromatic heterocycles. The summed E-state index contributed by atoms with van der Waals surface area (Å²) in [4.78, 5) is 16.5. The van der Waals surface area contributed by atoms with Gasteiger partial charge in [0.1, 0.15) is 6.61 Å². The Morgan fingerprint density at radius 3 is 2.30 bits per heavy atom. The van der Waals surface area contributed by atoms with Crippen molar-refractivity contribution < 1.29 is 9.53 Å². The van der Waals surface area contributed by atoms with Crippen LogP contribution in [0.2, 0.25) is 0 Å². The van der Waals surface area contributed by atoms with E-state index in [1.165, 1.54) is 38.5 Å². The number of amides is 1. The Morgan fingerprint density at radius 2 is 1.74 bits per heavy atom. The van der Waals surface area contributed by atoms with E-state index in [2.05, 4.69) is 17.1 Å². The molecule has 6 fully saturated rings. The minimum Gasteiger partial charge on any atom is -0.447 e. The van der Waals surface area contributed by atoms with Crippen LogP contribution in [0, 0.1) is 17.8 Å². The first-order valence-corrected chi connectivity index (χ1v) is 11.5. The highest BCUT2D eigenvalue weighted by atomic mass is 32.1. The van der Waals surface area contributed by atoms with Gasteiger partial charge in [0.05, 0.1) is 6.04 Å². The van der Waals surface area contributed by atoms with Crippen molar-refractivity contribution in [3.05, 3.63) is 0 Å². The first-order chi connectivity index (χ1) is 13.0. The molecule has 1 N–H and O–H groups in total. The number of cyclic esters (lactones) is 1. The molecular formula is C21H33N3O2S. The number of carbonyl (C=O) groups is 1. The van der Waals surface area contributed by atoms with E-state index < -0.39 is 0 Å². The zero-order valence-corrected chi connectivity index (χ0v) is 17.3. The molecule has 2 saturated heterocycles. The first-order valence-electron chi connectivity index (χ1n) is 11.1. The Hall–Kier alpha value is -1.04. The highest BCUT2D eigenvalue weighted by molar-refractivity contribution is 7.80. The zero-order valence-electron chi connectivity index (χ0n) is 16.5. The molecule has 5 nitrogen and oxygen atoms in total. The van der Waals surface area contributed by atoms with Crippen LogP contribution in [0.5, 0.6) is 0 Å². The molecule has 2 heterocycles. The molecule has 1 amide bonds. The predicted molar refractivity (Wildman–Crippen MR) is 108 cm³/mol. The van der Waals surface area contributed by atoms with E-state index in [1.807, 2.05) is 4.90 Å². The van der Waals surface area contributed by atoms with Gasteiger partial charge in [0.15, 0.2) is 5.11 Å². The molecule has 6 aliphatic rings. The van der Waals surface area contributed by atoms with Crippen molar-refractivity contribution in [1.29, 1.82) is 0 Å². The van der Waals surface area contributed by atoms with Gasteiger partial charge >= 0.3 is 6.09 Å². The van der Waals surface area contributed by atoms with E-state index in [4.69, 9.17) is 17.0 Å². The van der Waals surface area contributed by atoms with Crippen molar-refractivity contribution in [2.75, 3.05) is 19.7 Å². The fourth-order valence-corrected chi connectivity index (χ4v) is 7.55. The summed E-state index contributed by atoms with van der Waals surface area (Å²) < 4.78 is 5.29. The number of likely N-dealkylation sites (tertiary alicyclic amines) is 1. The van der Waals surface area contributed by atoms with Crippen molar-refractivity contribution >= 4 is 23.4 Å². The van der Waals surface area contributed by atoms with Crippen molar-refractivity contribution in [3.8, 4) is 0 Å². The summed E-state index contributed by atoms with van der Waals surface area (Å²) in [6, 6.07) is 0.565. The molecule has 1 atom stereocenters. The summed E-state index contributed by atoms with van der Waals surface area (Å²) in [7, 11) is 0. The lowest BCUT2D eigenvalue weighted by Gasteiger charge is -2.57. The maximum absolute atomic E-state index is 12.1. The van der Waals surface area contributed by atoms with Crippen LogP contribution in [0.1, 0.15) is 64.7 Å². The van der Waals surface area contributed by atoms with E-state index in [1.54, 1.807) is 0 Å². The molecular weight excluding hydrogens is 358 g/mol. The Bertz CT molecular complexity index is 581. The summed E-state index contributed by atoms with van der Waals surface area (Å²) in [5.74, 6) is 2.80. The number of rotatable bonds is 3. The third-order valence-corrected chi connectivity index (χ3v) is 8.39. The minimum absolute atomic E-state index is 0.116. The standard InChI is InChI=1S/C21H33N3O2S/c1-2-17-13-26-20(25)24(17)18-3-5-23(6-4-18)19(27)22-21-10-14-7-15(11-21)9-16(8-14)12-21/h14-18H,2-13H2,1H3,(H,22,27). The van der Waals surface area contributed by atoms with E-state index in [9.17, 15) is 4.79 Å².